The lowest BCUT2D eigenvalue weighted by Gasteiger charge is -2.15. The van der Waals surface area contributed by atoms with Gasteiger partial charge < -0.3 is 10.6 Å². The summed E-state index contributed by atoms with van der Waals surface area (Å²) in [6, 6.07) is 7.70. The molecular formula is C15H10Cl3F3N2O. The van der Waals surface area contributed by atoms with Crippen LogP contribution >= 0.6 is 34.8 Å². The van der Waals surface area contributed by atoms with E-state index < -0.39 is 17.6 Å². The topological polar surface area (TPSA) is 41.1 Å². The molecule has 0 radical (unpaired) electrons. The minimum Gasteiger partial charge on any atom is -0.375 e. The first-order valence-electron chi connectivity index (χ1n) is 6.52. The number of alkyl halides is 3. The van der Waals surface area contributed by atoms with Crippen LogP contribution in [0.5, 0.6) is 0 Å². The van der Waals surface area contributed by atoms with E-state index in [0.29, 0.717) is 15.7 Å². The summed E-state index contributed by atoms with van der Waals surface area (Å²) in [4.78, 5) is 11.9. The number of benzene rings is 2. The van der Waals surface area contributed by atoms with Crippen LogP contribution in [0, 0.1) is 0 Å². The first kappa shape index (κ1) is 18.7. The highest BCUT2D eigenvalue weighted by molar-refractivity contribution is 6.35. The second-order valence-electron chi connectivity index (χ2n) is 4.71. The third-order valence-electron chi connectivity index (χ3n) is 2.93. The van der Waals surface area contributed by atoms with Crippen molar-refractivity contribution in [1.29, 1.82) is 0 Å². The van der Waals surface area contributed by atoms with E-state index in [4.69, 9.17) is 34.8 Å². The lowest BCUT2D eigenvalue weighted by molar-refractivity contribution is -0.137. The predicted molar refractivity (Wildman–Crippen MR) is 90.0 cm³/mol. The molecule has 0 spiro atoms. The van der Waals surface area contributed by atoms with Crippen LogP contribution in [0.1, 0.15) is 5.56 Å². The molecule has 0 unspecified atom stereocenters. The molecule has 128 valence electrons. The number of carbonyl (C=O) groups excluding carboxylic acids is 1. The maximum Gasteiger partial charge on any atom is 0.418 e. The van der Waals surface area contributed by atoms with Gasteiger partial charge in [0.15, 0.2) is 0 Å². The highest BCUT2D eigenvalue weighted by atomic mass is 35.5. The van der Waals surface area contributed by atoms with Gasteiger partial charge in [-0.25, -0.2) is 0 Å². The smallest absolute Gasteiger partial charge is 0.375 e. The Balaban J connectivity index is 2.09. The Hall–Kier alpha value is -1.63. The summed E-state index contributed by atoms with van der Waals surface area (Å²) in [7, 11) is 0. The summed E-state index contributed by atoms with van der Waals surface area (Å²) in [5, 5.41) is 5.55. The number of amides is 1. The summed E-state index contributed by atoms with van der Waals surface area (Å²) in [6.07, 6.45) is -4.64. The van der Waals surface area contributed by atoms with E-state index in [2.05, 4.69) is 10.6 Å². The zero-order valence-corrected chi connectivity index (χ0v) is 14.1. The van der Waals surface area contributed by atoms with Crippen LogP contribution in [-0.2, 0) is 11.0 Å². The van der Waals surface area contributed by atoms with E-state index in [-0.39, 0.29) is 17.3 Å². The zero-order chi connectivity index (χ0) is 17.9. The van der Waals surface area contributed by atoms with Gasteiger partial charge in [-0.1, -0.05) is 34.8 Å². The van der Waals surface area contributed by atoms with E-state index in [9.17, 15) is 18.0 Å². The number of carbonyl (C=O) groups is 1. The van der Waals surface area contributed by atoms with Gasteiger partial charge in [0.05, 0.1) is 28.5 Å². The Morgan fingerprint density at radius 2 is 1.58 bits per heavy atom. The van der Waals surface area contributed by atoms with E-state index >= 15 is 0 Å². The van der Waals surface area contributed by atoms with Crippen LogP contribution in [0.25, 0.3) is 0 Å². The standard InChI is InChI=1S/C15H10Cl3F3N2O/c16-8-2-4-12(10(5-8)15(19,20)21)23-14(24)7-22-13-6-9(17)1-3-11(13)18/h1-6,22H,7H2,(H,23,24). The molecule has 0 fully saturated rings. The quantitative estimate of drug-likeness (QED) is 0.693. The zero-order valence-electron chi connectivity index (χ0n) is 11.8. The fourth-order valence-electron chi connectivity index (χ4n) is 1.86. The molecular weight excluding hydrogens is 388 g/mol. The van der Waals surface area contributed by atoms with E-state index in [1.54, 1.807) is 6.07 Å². The molecule has 0 aliphatic heterocycles. The van der Waals surface area contributed by atoms with Crippen molar-refractivity contribution in [1.82, 2.24) is 0 Å². The molecule has 0 bridgehead atoms. The maximum absolute atomic E-state index is 13.0. The van der Waals surface area contributed by atoms with E-state index in [1.807, 2.05) is 0 Å². The van der Waals surface area contributed by atoms with Crippen LogP contribution in [0.3, 0.4) is 0 Å². The maximum atomic E-state index is 13.0. The summed E-state index contributed by atoms with van der Waals surface area (Å²) in [5.74, 6) is -0.682. The van der Waals surface area contributed by atoms with Gasteiger partial charge >= 0.3 is 6.18 Å². The Kier molecular flexibility index (Phi) is 5.85. The highest BCUT2D eigenvalue weighted by Gasteiger charge is 2.34. The second-order valence-corrected chi connectivity index (χ2v) is 5.99. The number of anilines is 2. The second kappa shape index (κ2) is 7.51. The molecule has 0 heterocycles. The Bertz CT molecular complexity index is 766. The summed E-state index contributed by atoms with van der Waals surface area (Å²) in [6.45, 7) is -0.292. The van der Waals surface area contributed by atoms with Crippen molar-refractivity contribution < 1.29 is 18.0 Å². The number of nitrogens with one attached hydrogen (secondary N) is 2. The molecule has 0 saturated heterocycles. The molecule has 0 atom stereocenters. The molecule has 0 aromatic heterocycles. The minimum atomic E-state index is -4.64. The van der Waals surface area contributed by atoms with Crippen molar-refractivity contribution in [2.75, 3.05) is 17.2 Å². The van der Waals surface area contributed by atoms with Gasteiger partial charge in [0.2, 0.25) is 5.91 Å². The predicted octanol–water partition coefficient (Wildman–Crippen LogP) is 5.72. The van der Waals surface area contributed by atoms with Crippen molar-refractivity contribution >= 4 is 52.1 Å². The van der Waals surface area contributed by atoms with Crippen LogP contribution in [0.15, 0.2) is 36.4 Å². The van der Waals surface area contributed by atoms with Crippen molar-refractivity contribution in [2.45, 2.75) is 6.18 Å². The molecule has 3 nitrogen and oxygen atoms in total. The molecule has 2 rings (SSSR count). The molecule has 2 aromatic rings. The number of rotatable bonds is 4. The first-order valence-corrected chi connectivity index (χ1v) is 7.66. The van der Waals surface area contributed by atoms with Crippen molar-refractivity contribution in [2.24, 2.45) is 0 Å². The van der Waals surface area contributed by atoms with Crippen LogP contribution in [0.4, 0.5) is 24.5 Å². The number of hydrogen-bond acceptors (Lipinski definition) is 2. The van der Waals surface area contributed by atoms with Gasteiger partial charge in [-0.2, -0.15) is 13.2 Å². The normalized spacial score (nSPS) is 11.2. The third-order valence-corrected chi connectivity index (χ3v) is 3.73. The largest absolute Gasteiger partial charge is 0.418 e. The SMILES string of the molecule is O=C(CNc1cc(Cl)ccc1Cl)Nc1ccc(Cl)cc1C(F)(F)F. The molecule has 24 heavy (non-hydrogen) atoms. The van der Waals surface area contributed by atoms with Gasteiger partial charge in [-0.05, 0) is 36.4 Å². The van der Waals surface area contributed by atoms with E-state index in [1.165, 1.54) is 18.2 Å². The highest BCUT2D eigenvalue weighted by Crippen LogP contribution is 2.36. The van der Waals surface area contributed by atoms with Crippen molar-refractivity contribution in [3.63, 3.8) is 0 Å². The summed E-state index contributed by atoms with van der Waals surface area (Å²) < 4.78 is 38.9. The number of hydrogen-bond donors (Lipinski definition) is 2. The molecule has 1 amide bonds. The van der Waals surface area contributed by atoms with Crippen molar-refractivity contribution in [3.8, 4) is 0 Å². The minimum absolute atomic E-state index is 0.0795. The molecule has 0 saturated carbocycles. The van der Waals surface area contributed by atoms with Crippen molar-refractivity contribution in [3.05, 3.63) is 57.0 Å². The average molecular weight is 398 g/mol. The Morgan fingerprint density at radius 1 is 0.958 bits per heavy atom. The first-order chi connectivity index (χ1) is 11.2. The summed E-state index contributed by atoms with van der Waals surface area (Å²) >= 11 is 17.3. The Morgan fingerprint density at radius 3 is 2.25 bits per heavy atom. The van der Waals surface area contributed by atoms with Gasteiger partial charge in [0.25, 0.3) is 0 Å². The average Bonchev–Trinajstić information content (AvgIpc) is 2.49. The lowest BCUT2D eigenvalue weighted by atomic mass is 10.1. The van der Waals surface area contributed by atoms with Crippen LogP contribution in [-0.4, -0.2) is 12.5 Å². The number of halogens is 6. The van der Waals surface area contributed by atoms with Gasteiger partial charge in [0.1, 0.15) is 0 Å². The van der Waals surface area contributed by atoms with Crippen LogP contribution in [0.2, 0.25) is 15.1 Å². The molecule has 2 N–H and O–H groups in total. The Labute approximate surface area is 150 Å². The lowest BCUT2D eigenvalue weighted by Crippen LogP contribution is -2.23. The molecule has 0 aliphatic rings. The molecule has 0 aliphatic carbocycles. The van der Waals surface area contributed by atoms with Gasteiger partial charge in [-0.3, -0.25) is 4.79 Å². The monoisotopic (exact) mass is 396 g/mol. The summed E-state index contributed by atoms with van der Waals surface area (Å²) in [5.41, 5.74) is -1.01. The molecule has 2 aromatic carbocycles. The molecule has 9 heteroatoms. The van der Waals surface area contributed by atoms with Gasteiger partial charge in [-0.15, -0.1) is 0 Å². The van der Waals surface area contributed by atoms with Gasteiger partial charge in [0, 0.05) is 10.0 Å². The van der Waals surface area contributed by atoms with Crippen LogP contribution < -0.4 is 10.6 Å². The third kappa shape index (κ3) is 4.93. The van der Waals surface area contributed by atoms with E-state index in [0.717, 1.165) is 12.1 Å². The fourth-order valence-corrected chi connectivity index (χ4v) is 2.39. The fraction of sp³-hybridized carbons (Fsp3) is 0.133.